The van der Waals surface area contributed by atoms with Crippen molar-refractivity contribution in [2.75, 3.05) is 5.75 Å². The zero-order valence-corrected chi connectivity index (χ0v) is 11.8. The molecule has 0 bridgehead atoms. The van der Waals surface area contributed by atoms with E-state index < -0.39 is 18.0 Å². The molecule has 19 heavy (non-hydrogen) atoms. The van der Waals surface area contributed by atoms with Gasteiger partial charge in [-0.15, -0.1) is 0 Å². The molecule has 0 aromatic carbocycles. The van der Waals surface area contributed by atoms with Gasteiger partial charge in [-0.3, -0.25) is 14.4 Å². The van der Waals surface area contributed by atoms with Crippen molar-refractivity contribution < 1.29 is 24.0 Å². The largest absolute Gasteiger partial charge is 0.534 e. The molecule has 0 saturated carbocycles. The second-order valence-corrected chi connectivity index (χ2v) is 6.23. The van der Waals surface area contributed by atoms with E-state index in [1.807, 2.05) is 0 Å². The number of rotatable bonds is 3. The molecule has 0 radical (unpaired) electrons. The molecule has 0 N–H and O–H groups in total. The second kappa shape index (κ2) is 5.81. The number of hydroxylamine groups is 2. The summed E-state index contributed by atoms with van der Waals surface area (Å²) in [4.78, 5) is 38.9. The Balaban J connectivity index is 1.87. The monoisotopic (exact) mass is 287 g/mol. The van der Waals surface area contributed by atoms with Crippen LogP contribution in [0.25, 0.3) is 0 Å². The SMILES string of the molecule is CC(C)[C@@H]1SCC[C@@H]1OC(=O)ON1C(=O)CCC1=O. The lowest BCUT2D eigenvalue weighted by molar-refractivity contribution is -0.178. The Kier molecular flexibility index (Phi) is 4.34. The molecule has 2 heterocycles. The van der Waals surface area contributed by atoms with Gasteiger partial charge in [-0.05, 0) is 18.1 Å². The van der Waals surface area contributed by atoms with Crippen molar-refractivity contribution in [3.8, 4) is 0 Å². The van der Waals surface area contributed by atoms with Crippen LogP contribution in [0.1, 0.15) is 33.1 Å². The average Bonchev–Trinajstić information content (AvgIpc) is 2.91. The van der Waals surface area contributed by atoms with Gasteiger partial charge in [0.05, 0.1) is 0 Å². The Morgan fingerprint density at radius 1 is 1.32 bits per heavy atom. The first-order valence-corrected chi connectivity index (χ1v) is 7.40. The Hall–Kier alpha value is -1.24. The molecule has 2 aliphatic rings. The average molecular weight is 287 g/mol. The molecule has 6 nitrogen and oxygen atoms in total. The predicted octanol–water partition coefficient (Wildman–Crippen LogP) is 1.73. The molecule has 7 heteroatoms. The lowest BCUT2D eigenvalue weighted by Gasteiger charge is -2.22. The highest BCUT2D eigenvalue weighted by Crippen LogP contribution is 2.34. The molecule has 2 saturated heterocycles. The zero-order chi connectivity index (χ0) is 14.0. The Bertz CT molecular complexity index is 382. The number of hydrogen-bond donors (Lipinski definition) is 0. The summed E-state index contributed by atoms with van der Waals surface area (Å²) >= 11 is 1.76. The second-order valence-electron chi connectivity index (χ2n) is 4.95. The number of carbonyl (C=O) groups excluding carboxylic acids is 3. The summed E-state index contributed by atoms with van der Waals surface area (Å²) < 4.78 is 5.22. The number of nitrogens with zero attached hydrogens (tertiary/aromatic N) is 1. The highest BCUT2D eigenvalue weighted by atomic mass is 32.2. The summed E-state index contributed by atoms with van der Waals surface area (Å²) in [7, 11) is 0. The number of imide groups is 1. The predicted molar refractivity (Wildman–Crippen MR) is 68.1 cm³/mol. The van der Waals surface area contributed by atoms with Crippen molar-refractivity contribution in [2.45, 2.75) is 44.5 Å². The van der Waals surface area contributed by atoms with Crippen LogP contribution in [0.2, 0.25) is 0 Å². The minimum absolute atomic E-state index is 0.0833. The number of carbonyl (C=O) groups is 3. The lowest BCUT2D eigenvalue weighted by Crippen LogP contribution is -2.35. The van der Waals surface area contributed by atoms with Gasteiger partial charge >= 0.3 is 6.16 Å². The molecule has 2 amide bonds. The van der Waals surface area contributed by atoms with Gasteiger partial charge in [0, 0.05) is 18.1 Å². The molecule has 0 unspecified atom stereocenters. The summed E-state index contributed by atoms with van der Waals surface area (Å²) in [6.45, 7) is 4.14. The molecule has 2 rings (SSSR count). The van der Waals surface area contributed by atoms with Crippen LogP contribution < -0.4 is 0 Å². The molecule has 2 atom stereocenters. The standard InChI is InChI=1S/C12H17NO5S/c1-7(2)11-8(5-6-19-11)17-12(16)18-13-9(14)3-4-10(13)15/h7-8,11H,3-6H2,1-2H3/t8-,11-/m0/s1. The van der Waals surface area contributed by atoms with E-state index in [4.69, 9.17) is 4.74 Å². The molecule has 0 spiro atoms. The first-order valence-electron chi connectivity index (χ1n) is 6.35. The maximum Gasteiger partial charge on any atom is 0.534 e. The van der Waals surface area contributed by atoms with Crippen molar-refractivity contribution >= 4 is 29.7 Å². The number of amides is 2. The molecule has 2 fully saturated rings. The Labute approximate surface area is 115 Å². The first-order chi connectivity index (χ1) is 8.99. The van der Waals surface area contributed by atoms with Crippen molar-refractivity contribution in [1.29, 1.82) is 0 Å². The van der Waals surface area contributed by atoms with Gasteiger partial charge in [0.2, 0.25) is 0 Å². The number of hydrogen-bond acceptors (Lipinski definition) is 6. The summed E-state index contributed by atoms with van der Waals surface area (Å²) in [5.74, 6) is 0.328. The molecule has 106 valence electrons. The van der Waals surface area contributed by atoms with Crippen molar-refractivity contribution in [3.05, 3.63) is 0 Å². The van der Waals surface area contributed by atoms with E-state index in [0.29, 0.717) is 11.0 Å². The number of ether oxygens (including phenoxy) is 1. The van der Waals surface area contributed by atoms with Crippen molar-refractivity contribution in [1.82, 2.24) is 5.06 Å². The van der Waals surface area contributed by atoms with E-state index in [9.17, 15) is 14.4 Å². The van der Waals surface area contributed by atoms with Crippen molar-refractivity contribution in [2.24, 2.45) is 5.92 Å². The van der Waals surface area contributed by atoms with E-state index in [2.05, 4.69) is 18.7 Å². The highest BCUT2D eigenvalue weighted by molar-refractivity contribution is 8.00. The fraction of sp³-hybridized carbons (Fsp3) is 0.750. The van der Waals surface area contributed by atoms with Crippen LogP contribution in [0.5, 0.6) is 0 Å². The van der Waals surface area contributed by atoms with E-state index >= 15 is 0 Å². The van der Waals surface area contributed by atoms with E-state index in [1.54, 1.807) is 11.8 Å². The topological polar surface area (TPSA) is 72.9 Å². The van der Waals surface area contributed by atoms with Crippen LogP contribution in [0.4, 0.5) is 4.79 Å². The molecular weight excluding hydrogens is 270 g/mol. The minimum Gasteiger partial charge on any atom is -0.428 e. The minimum atomic E-state index is -0.971. The Morgan fingerprint density at radius 3 is 2.53 bits per heavy atom. The maximum absolute atomic E-state index is 11.6. The fourth-order valence-corrected chi connectivity index (χ4v) is 3.65. The van der Waals surface area contributed by atoms with Gasteiger partial charge in [0.15, 0.2) is 0 Å². The van der Waals surface area contributed by atoms with E-state index in [-0.39, 0.29) is 24.2 Å². The number of thioether (sulfide) groups is 1. The molecule has 0 aromatic rings. The summed E-state index contributed by atoms with van der Waals surface area (Å²) in [5, 5.41) is 0.743. The summed E-state index contributed by atoms with van der Waals surface area (Å²) in [5.41, 5.74) is 0. The molecular formula is C12H17NO5S. The highest BCUT2D eigenvalue weighted by Gasteiger charge is 2.37. The van der Waals surface area contributed by atoms with E-state index in [0.717, 1.165) is 12.2 Å². The third-order valence-corrected chi connectivity index (χ3v) is 4.86. The van der Waals surface area contributed by atoms with Crippen LogP contribution >= 0.6 is 11.8 Å². The summed E-state index contributed by atoms with van der Waals surface area (Å²) in [6, 6.07) is 0. The normalized spacial score (nSPS) is 27.2. The van der Waals surface area contributed by atoms with Gasteiger partial charge in [-0.2, -0.15) is 11.8 Å². The van der Waals surface area contributed by atoms with Crippen LogP contribution in [0, 0.1) is 5.92 Å². The third-order valence-electron chi connectivity index (χ3n) is 3.16. The van der Waals surface area contributed by atoms with Gasteiger partial charge in [0.1, 0.15) is 6.10 Å². The van der Waals surface area contributed by atoms with Gasteiger partial charge in [0.25, 0.3) is 11.8 Å². The first kappa shape index (κ1) is 14.2. The molecule has 0 aliphatic carbocycles. The summed E-state index contributed by atoms with van der Waals surface area (Å²) in [6.07, 6.45) is -0.253. The lowest BCUT2D eigenvalue weighted by atomic mass is 10.0. The quantitative estimate of drug-likeness (QED) is 0.581. The maximum atomic E-state index is 11.6. The van der Waals surface area contributed by atoms with Crippen LogP contribution in [0.3, 0.4) is 0 Å². The van der Waals surface area contributed by atoms with Crippen molar-refractivity contribution in [3.63, 3.8) is 0 Å². The van der Waals surface area contributed by atoms with Crippen LogP contribution in [-0.4, -0.2) is 40.1 Å². The van der Waals surface area contributed by atoms with Gasteiger partial charge in [-0.1, -0.05) is 18.9 Å². The fourth-order valence-electron chi connectivity index (χ4n) is 2.22. The smallest absolute Gasteiger partial charge is 0.428 e. The molecule has 2 aliphatic heterocycles. The van der Waals surface area contributed by atoms with Crippen LogP contribution in [-0.2, 0) is 19.2 Å². The molecule has 0 aromatic heterocycles. The van der Waals surface area contributed by atoms with E-state index in [1.165, 1.54) is 0 Å². The van der Waals surface area contributed by atoms with Gasteiger partial charge < -0.3 is 4.74 Å². The Morgan fingerprint density at radius 2 is 1.95 bits per heavy atom. The van der Waals surface area contributed by atoms with Crippen LogP contribution in [0.15, 0.2) is 0 Å². The zero-order valence-electron chi connectivity index (χ0n) is 11.0. The third kappa shape index (κ3) is 3.20. The van der Waals surface area contributed by atoms with Gasteiger partial charge in [-0.25, -0.2) is 4.79 Å².